The molecule has 1 aromatic heterocycles. The minimum absolute atomic E-state index is 0.228. The lowest BCUT2D eigenvalue weighted by molar-refractivity contribution is 0.459. The first-order chi connectivity index (χ1) is 15.8. The van der Waals surface area contributed by atoms with E-state index < -0.39 is 21.7 Å². The molecule has 0 spiro atoms. The first-order valence-corrected chi connectivity index (χ1v) is 13.8. The molecule has 0 radical (unpaired) electrons. The molecule has 9 heteroatoms. The van der Waals surface area contributed by atoms with Crippen LogP contribution in [0.3, 0.4) is 0 Å². The van der Waals surface area contributed by atoms with E-state index in [0.29, 0.717) is 23.4 Å². The number of benzene rings is 2. The monoisotopic (exact) mass is 493 g/mol. The Morgan fingerprint density at radius 2 is 1.91 bits per heavy atom. The molecule has 1 fully saturated rings. The lowest BCUT2D eigenvalue weighted by Gasteiger charge is -2.18. The van der Waals surface area contributed by atoms with Gasteiger partial charge in [0.25, 0.3) is 0 Å². The van der Waals surface area contributed by atoms with Gasteiger partial charge in [0, 0.05) is 31.5 Å². The third-order valence-corrected chi connectivity index (χ3v) is 9.08. The number of aromatic nitrogens is 2. The van der Waals surface area contributed by atoms with Crippen LogP contribution in [-0.4, -0.2) is 35.9 Å². The van der Waals surface area contributed by atoms with Gasteiger partial charge in [-0.1, -0.05) is 44.0 Å². The van der Waals surface area contributed by atoms with Crippen LogP contribution in [0.25, 0.3) is 11.0 Å². The lowest BCUT2D eigenvalue weighted by Crippen LogP contribution is -2.27. The minimum atomic E-state index is -3.60. The first-order valence-electron chi connectivity index (χ1n) is 11.4. The molecule has 3 aromatic rings. The zero-order valence-corrected chi connectivity index (χ0v) is 20.6. The van der Waals surface area contributed by atoms with E-state index in [0.717, 1.165) is 55.3 Å². The molecule has 0 saturated heterocycles. The lowest BCUT2D eigenvalue weighted by atomic mass is 10.2. The van der Waals surface area contributed by atoms with Crippen LogP contribution in [0.1, 0.15) is 57.1 Å². The van der Waals surface area contributed by atoms with Crippen LogP contribution in [0.4, 0.5) is 8.78 Å². The Labute approximate surface area is 198 Å². The largest absolute Gasteiger partial charge is 0.316 e. The number of hydrogen-bond acceptors (Lipinski definition) is 4. The Kier molecular flexibility index (Phi) is 7.40. The summed E-state index contributed by atoms with van der Waals surface area (Å²) in [6.07, 6.45) is 6.05. The number of rotatable bonds is 9. The summed E-state index contributed by atoms with van der Waals surface area (Å²) < 4.78 is 57.0. The Morgan fingerprint density at radius 1 is 1.15 bits per heavy atom. The fraction of sp³-hybridized carbons (Fsp3) is 0.458. The number of nitrogens with zero attached hydrogens (tertiary/aromatic N) is 3. The maximum Gasteiger partial charge on any atom is 0.242 e. The van der Waals surface area contributed by atoms with Crippen LogP contribution >= 0.6 is 11.8 Å². The normalized spacial score (nSPS) is 15.2. The summed E-state index contributed by atoms with van der Waals surface area (Å²) in [6, 6.07) is 9.02. The molecule has 1 saturated carbocycles. The first kappa shape index (κ1) is 24.2. The maximum atomic E-state index is 14.2. The molecule has 0 bridgehead atoms. The summed E-state index contributed by atoms with van der Waals surface area (Å²) in [7, 11) is -2.00. The Balaban J connectivity index is 1.69. The van der Waals surface area contributed by atoms with Crippen molar-refractivity contribution in [2.45, 2.75) is 67.3 Å². The quantitative estimate of drug-likeness (QED) is 0.336. The van der Waals surface area contributed by atoms with Gasteiger partial charge >= 0.3 is 0 Å². The standard InChI is InChI=1S/C24H29F2N3O2S2/c1-3-4-13-28(2)33(30,31)20-11-12-23-22(15-20)27-24(29(23)19-7-5-6-8-19)32-16-17-9-10-18(25)14-21(17)26/h9-12,14-15,19H,3-8,13,16H2,1-2H3. The van der Waals surface area contributed by atoms with Gasteiger partial charge < -0.3 is 4.57 Å². The van der Waals surface area contributed by atoms with Gasteiger partial charge in [-0.15, -0.1) is 0 Å². The zero-order valence-electron chi connectivity index (χ0n) is 18.9. The number of unbranched alkanes of at least 4 members (excludes halogenated alkanes) is 1. The van der Waals surface area contributed by atoms with Crippen molar-refractivity contribution >= 4 is 32.8 Å². The molecule has 33 heavy (non-hydrogen) atoms. The molecular weight excluding hydrogens is 464 g/mol. The van der Waals surface area contributed by atoms with Gasteiger partial charge in [-0.05, 0) is 49.1 Å². The summed E-state index contributed by atoms with van der Waals surface area (Å²) >= 11 is 1.39. The summed E-state index contributed by atoms with van der Waals surface area (Å²) in [4.78, 5) is 4.99. The van der Waals surface area contributed by atoms with Crippen molar-refractivity contribution in [3.8, 4) is 0 Å². The highest BCUT2D eigenvalue weighted by molar-refractivity contribution is 7.98. The SMILES string of the molecule is CCCCN(C)S(=O)(=O)c1ccc2c(c1)nc(SCc1ccc(F)cc1F)n2C1CCCC1. The smallest absolute Gasteiger partial charge is 0.242 e. The van der Waals surface area contributed by atoms with Gasteiger partial charge in [-0.25, -0.2) is 26.5 Å². The highest BCUT2D eigenvalue weighted by Gasteiger charge is 2.26. The van der Waals surface area contributed by atoms with Crippen molar-refractivity contribution in [2.24, 2.45) is 0 Å². The predicted octanol–water partition coefficient (Wildman–Crippen LogP) is 6.14. The van der Waals surface area contributed by atoms with Crippen LogP contribution < -0.4 is 0 Å². The highest BCUT2D eigenvalue weighted by atomic mass is 32.2. The van der Waals surface area contributed by atoms with E-state index in [1.165, 1.54) is 28.2 Å². The van der Waals surface area contributed by atoms with Gasteiger partial charge in [-0.3, -0.25) is 0 Å². The molecular formula is C24H29F2N3O2S2. The molecule has 2 aromatic carbocycles. The average Bonchev–Trinajstić information content (AvgIpc) is 3.43. The molecule has 0 N–H and O–H groups in total. The Hall–Kier alpha value is -1.97. The molecule has 1 heterocycles. The Bertz CT molecular complexity index is 1240. The second kappa shape index (κ2) is 10.1. The molecule has 4 rings (SSSR count). The third kappa shape index (κ3) is 5.10. The van der Waals surface area contributed by atoms with E-state index >= 15 is 0 Å². The van der Waals surface area contributed by atoms with Crippen molar-refractivity contribution in [2.75, 3.05) is 13.6 Å². The van der Waals surface area contributed by atoms with Crippen molar-refractivity contribution in [3.63, 3.8) is 0 Å². The van der Waals surface area contributed by atoms with Crippen LogP contribution in [0.15, 0.2) is 46.5 Å². The van der Waals surface area contributed by atoms with E-state index in [4.69, 9.17) is 4.98 Å². The maximum absolute atomic E-state index is 14.2. The van der Waals surface area contributed by atoms with Crippen LogP contribution in [0, 0.1) is 11.6 Å². The van der Waals surface area contributed by atoms with Gasteiger partial charge in [0.15, 0.2) is 5.16 Å². The molecule has 0 atom stereocenters. The minimum Gasteiger partial charge on any atom is -0.316 e. The molecule has 1 aliphatic carbocycles. The second-order valence-electron chi connectivity index (χ2n) is 8.56. The second-order valence-corrected chi connectivity index (χ2v) is 11.5. The van der Waals surface area contributed by atoms with E-state index in [-0.39, 0.29) is 10.9 Å². The number of fused-ring (bicyclic) bond motifs is 1. The summed E-state index contributed by atoms with van der Waals surface area (Å²) in [5.74, 6) is -0.862. The molecule has 1 aliphatic rings. The van der Waals surface area contributed by atoms with Crippen molar-refractivity contribution in [1.82, 2.24) is 13.9 Å². The molecule has 0 aliphatic heterocycles. The van der Waals surface area contributed by atoms with Crippen molar-refractivity contribution in [3.05, 3.63) is 53.6 Å². The van der Waals surface area contributed by atoms with Crippen LogP contribution in [0.5, 0.6) is 0 Å². The molecule has 0 amide bonds. The number of imidazole rings is 1. The summed E-state index contributed by atoms with van der Waals surface area (Å²) in [5, 5.41) is 0.731. The molecule has 178 valence electrons. The number of sulfonamides is 1. The van der Waals surface area contributed by atoms with E-state index in [1.54, 1.807) is 19.2 Å². The summed E-state index contributed by atoms with van der Waals surface area (Å²) in [6.45, 7) is 2.50. The summed E-state index contributed by atoms with van der Waals surface area (Å²) in [5.41, 5.74) is 1.92. The number of hydrogen-bond donors (Lipinski definition) is 0. The topological polar surface area (TPSA) is 55.2 Å². The van der Waals surface area contributed by atoms with E-state index in [9.17, 15) is 17.2 Å². The van der Waals surface area contributed by atoms with Crippen LogP contribution in [-0.2, 0) is 15.8 Å². The van der Waals surface area contributed by atoms with Crippen LogP contribution in [0.2, 0.25) is 0 Å². The number of halogens is 2. The fourth-order valence-electron chi connectivity index (χ4n) is 4.30. The van der Waals surface area contributed by atoms with Gasteiger partial charge in [0.2, 0.25) is 10.0 Å². The van der Waals surface area contributed by atoms with E-state index in [1.807, 2.05) is 13.0 Å². The van der Waals surface area contributed by atoms with Gasteiger partial charge in [0.05, 0.1) is 15.9 Å². The molecule has 0 unspecified atom stereocenters. The molecule has 5 nitrogen and oxygen atoms in total. The predicted molar refractivity (Wildman–Crippen MR) is 128 cm³/mol. The number of thioether (sulfide) groups is 1. The van der Waals surface area contributed by atoms with E-state index in [2.05, 4.69) is 4.57 Å². The zero-order chi connectivity index (χ0) is 23.6. The van der Waals surface area contributed by atoms with Crippen molar-refractivity contribution in [1.29, 1.82) is 0 Å². The third-order valence-electron chi connectivity index (χ3n) is 6.23. The van der Waals surface area contributed by atoms with Gasteiger partial charge in [0.1, 0.15) is 11.6 Å². The van der Waals surface area contributed by atoms with Gasteiger partial charge in [-0.2, -0.15) is 0 Å². The van der Waals surface area contributed by atoms with Crippen molar-refractivity contribution < 1.29 is 17.2 Å². The highest BCUT2D eigenvalue weighted by Crippen LogP contribution is 2.38. The Morgan fingerprint density at radius 3 is 2.61 bits per heavy atom. The fourth-order valence-corrected chi connectivity index (χ4v) is 6.59. The average molecular weight is 494 g/mol.